The maximum absolute atomic E-state index is 12.5. The lowest BCUT2D eigenvalue weighted by atomic mass is 10.3. The largest absolute Gasteiger partial charge is 0.467 e. The van der Waals surface area contributed by atoms with Crippen LogP contribution in [-0.2, 0) is 16.1 Å². The van der Waals surface area contributed by atoms with Gasteiger partial charge in [-0.3, -0.25) is 4.79 Å². The highest BCUT2D eigenvalue weighted by atomic mass is 127. The number of ether oxygens (including phenoxy) is 1. The maximum atomic E-state index is 12.5. The van der Waals surface area contributed by atoms with Gasteiger partial charge >= 0.3 is 12.0 Å². The molecule has 0 saturated heterocycles. The van der Waals surface area contributed by atoms with Crippen LogP contribution in [0, 0.1) is 3.57 Å². The highest BCUT2D eigenvalue weighted by Crippen LogP contribution is 2.13. The van der Waals surface area contributed by atoms with Crippen LogP contribution in [-0.4, -0.2) is 30.1 Å². The average Bonchev–Trinajstić information content (AvgIpc) is 3.07. The standard InChI is InChI=1S/C17H19IN2O4/c1-2-23-16(21)9-10-20(12-15-4-3-11-24-15)17(22)19-14-7-5-13(18)6-8-14/h3-8,11H,2,9-10,12H2,1H3,(H,19,22). The number of nitrogens with zero attached hydrogens (tertiary/aromatic N) is 1. The second-order valence-electron chi connectivity index (χ2n) is 4.99. The third-order valence-electron chi connectivity index (χ3n) is 3.20. The predicted molar refractivity (Wildman–Crippen MR) is 98.5 cm³/mol. The molecule has 2 aromatic rings. The Balaban J connectivity index is 2.01. The van der Waals surface area contributed by atoms with Crippen molar-refractivity contribution in [2.75, 3.05) is 18.5 Å². The number of rotatable bonds is 7. The van der Waals surface area contributed by atoms with E-state index in [2.05, 4.69) is 27.9 Å². The first-order valence-electron chi connectivity index (χ1n) is 7.58. The molecule has 0 fully saturated rings. The molecule has 2 amide bonds. The molecule has 0 atom stereocenters. The van der Waals surface area contributed by atoms with Crippen molar-refractivity contribution in [1.29, 1.82) is 0 Å². The highest BCUT2D eigenvalue weighted by molar-refractivity contribution is 14.1. The molecule has 6 nitrogen and oxygen atoms in total. The van der Waals surface area contributed by atoms with E-state index in [1.807, 2.05) is 24.3 Å². The number of carbonyl (C=O) groups excluding carboxylic acids is 2. The molecule has 1 aromatic carbocycles. The Hall–Kier alpha value is -2.03. The SMILES string of the molecule is CCOC(=O)CCN(Cc1ccco1)C(=O)Nc1ccc(I)cc1. The summed E-state index contributed by atoms with van der Waals surface area (Å²) in [6, 6.07) is 10.7. The molecule has 0 spiro atoms. The molecule has 0 unspecified atom stereocenters. The average molecular weight is 442 g/mol. The van der Waals surface area contributed by atoms with Gasteiger partial charge in [-0.05, 0) is 65.9 Å². The third kappa shape index (κ3) is 5.88. The Morgan fingerprint density at radius 2 is 2.00 bits per heavy atom. The lowest BCUT2D eigenvalue weighted by Crippen LogP contribution is -2.36. The van der Waals surface area contributed by atoms with Gasteiger partial charge in [-0.2, -0.15) is 0 Å². The number of carbonyl (C=O) groups is 2. The van der Waals surface area contributed by atoms with E-state index < -0.39 is 0 Å². The molecule has 2 rings (SSSR count). The molecule has 0 aliphatic heterocycles. The Kier molecular flexibility index (Phi) is 7.10. The van der Waals surface area contributed by atoms with Crippen LogP contribution in [0.5, 0.6) is 0 Å². The van der Waals surface area contributed by atoms with Crippen LogP contribution in [0.25, 0.3) is 0 Å². The van der Waals surface area contributed by atoms with E-state index in [1.54, 1.807) is 25.3 Å². The van der Waals surface area contributed by atoms with Crippen LogP contribution in [0.2, 0.25) is 0 Å². The molecule has 0 aliphatic rings. The van der Waals surface area contributed by atoms with Crippen LogP contribution in [0.15, 0.2) is 47.1 Å². The predicted octanol–water partition coefficient (Wildman–Crippen LogP) is 3.87. The number of halogens is 1. The van der Waals surface area contributed by atoms with Crippen LogP contribution in [0.4, 0.5) is 10.5 Å². The van der Waals surface area contributed by atoms with Crippen LogP contribution < -0.4 is 5.32 Å². The number of furan rings is 1. The Morgan fingerprint density at radius 3 is 2.62 bits per heavy atom. The Morgan fingerprint density at radius 1 is 1.25 bits per heavy atom. The molecular weight excluding hydrogens is 423 g/mol. The Bertz CT molecular complexity index is 656. The summed E-state index contributed by atoms with van der Waals surface area (Å²) in [6.45, 7) is 2.60. The number of hydrogen-bond donors (Lipinski definition) is 1. The summed E-state index contributed by atoms with van der Waals surface area (Å²) in [5, 5.41) is 2.83. The number of amides is 2. The molecule has 24 heavy (non-hydrogen) atoms. The molecule has 1 aromatic heterocycles. The quantitative estimate of drug-likeness (QED) is 0.522. The van der Waals surface area contributed by atoms with Gasteiger partial charge < -0.3 is 19.4 Å². The zero-order chi connectivity index (χ0) is 17.4. The summed E-state index contributed by atoms with van der Waals surface area (Å²) in [6.07, 6.45) is 1.69. The minimum atomic E-state index is -0.330. The van der Waals surface area contributed by atoms with Crippen molar-refractivity contribution in [3.8, 4) is 0 Å². The van der Waals surface area contributed by atoms with Crippen LogP contribution in [0.3, 0.4) is 0 Å². The zero-order valence-electron chi connectivity index (χ0n) is 13.3. The van der Waals surface area contributed by atoms with Crippen molar-refractivity contribution in [3.63, 3.8) is 0 Å². The first-order chi connectivity index (χ1) is 11.6. The van der Waals surface area contributed by atoms with Gasteiger partial charge in [0.15, 0.2) is 0 Å². The van der Waals surface area contributed by atoms with Gasteiger partial charge in [0.25, 0.3) is 0 Å². The van der Waals surface area contributed by atoms with Crippen LogP contribution in [0.1, 0.15) is 19.1 Å². The van der Waals surface area contributed by atoms with Gasteiger partial charge in [-0.15, -0.1) is 0 Å². The molecule has 7 heteroatoms. The van der Waals surface area contributed by atoms with Gasteiger partial charge in [-0.1, -0.05) is 0 Å². The van der Waals surface area contributed by atoms with E-state index in [9.17, 15) is 9.59 Å². The molecule has 1 N–H and O–H groups in total. The second kappa shape index (κ2) is 9.31. The van der Waals surface area contributed by atoms with Crippen LogP contribution >= 0.6 is 22.6 Å². The van der Waals surface area contributed by atoms with Gasteiger partial charge in [0.1, 0.15) is 5.76 Å². The number of esters is 1. The van der Waals surface area contributed by atoms with E-state index in [1.165, 1.54) is 4.90 Å². The van der Waals surface area contributed by atoms with Crippen molar-refractivity contribution < 1.29 is 18.7 Å². The van der Waals surface area contributed by atoms with Crippen molar-refractivity contribution in [1.82, 2.24) is 4.90 Å². The van der Waals surface area contributed by atoms with Gasteiger partial charge in [0, 0.05) is 15.8 Å². The van der Waals surface area contributed by atoms with Crippen molar-refractivity contribution in [3.05, 3.63) is 52.0 Å². The number of benzene rings is 1. The first-order valence-corrected chi connectivity index (χ1v) is 8.66. The van der Waals surface area contributed by atoms with Gasteiger partial charge in [0.05, 0.1) is 25.8 Å². The summed E-state index contributed by atoms with van der Waals surface area (Å²) < 4.78 is 11.3. The fraction of sp³-hybridized carbons (Fsp3) is 0.294. The number of urea groups is 1. The van der Waals surface area contributed by atoms with E-state index in [-0.39, 0.29) is 31.5 Å². The van der Waals surface area contributed by atoms with Crippen molar-refractivity contribution in [2.24, 2.45) is 0 Å². The minimum absolute atomic E-state index is 0.134. The van der Waals surface area contributed by atoms with E-state index >= 15 is 0 Å². The van der Waals surface area contributed by atoms with E-state index in [0.717, 1.165) is 3.57 Å². The minimum Gasteiger partial charge on any atom is -0.467 e. The molecule has 0 saturated carbocycles. The third-order valence-corrected chi connectivity index (χ3v) is 3.92. The molecule has 0 aliphatic carbocycles. The highest BCUT2D eigenvalue weighted by Gasteiger charge is 2.17. The summed E-state index contributed by atoms with van der Waals surface area (Å²) in [5.74, 6) is 0.320. The summed E-state index contributed by atoms with van der Waals surface area (Å²) in [5.41, 5.74) is 0.695. The number of hydrogen-bond acceptors (Lipinski definition) is 4. The fourth-order valence-corrected chi connectivity index (χ4v) is 2.40. The molecule has 0 radical (unpaired) electrons. The van der Waals surface area contributed by atoms with Crippen molar-refractivity contribution >= 4 is 40.3 Å². The lowest BCUT2D eigenvalue weighted by molar-refractivity contribution is -0.143. The van der Waals surface area contributed by atoms with Crippen molar-refractivity contribution in [2.45, 2.75) is 19.9 Å². The monoisotopic (exact) mass is 442 g/mol. The normalized spacial score (nSPS) is 10.2. The Labute approximate surface area is 154 Å². The maximum Gasteiger partial charge on any atom is 0.322 e. The molecule has 0 bridgehead atoms. The van der Waals surface area contributed by atoms with Gasteiger partial charge in [-0.25, -0.2) is 4.79 Å². The lowest BCUT2D eigenvalue weighted by Gasteiger charge is -2.22. The van der Waals surface area contributed by atoms with E-state index in [4.69, 9.17) is 9.15 Å². The molecular formula is C17H19IN2O4. The first kappa shape index (κ1) is 18.3. The second-order valence-corrected chi connectivity index (χ2v) is 6.24. The van der Waals surface area contributed by atoms with E-state index in [0.29, 0.717) is 18.1 Å². The summed E-state index contributed by atoms with van der Waals surface area (Å²) in [7, 11) is 0. The topological polar surface area (TPSA) is 71.8 Å². The summed E-state index contributed by atoms with van der Waals surface area (Å²) >= 11 is 2.20. The smallest absolute Gasteiger partial charge is 0.322 e. The molecule has 1 heterocycles. The summed E-state index contributed by atoms with van der Waals surface area (Å²) in [4.78, 5) is 25.6. The molecule has 128 valence electrons. The fourth-order valence-electron chi connectivity index (χ4n) is 2.04. The number of nitrogens with one attached hydrogen (secondary N) is 1. The number of anilines is 1. The van der Waals surface area contributed by atoms with Gasteiger partial charge in [0.2, 0.25) is 0 Å². The zero-order valence-corrected chi connectivity index (χ0v) is 15.5.